The fourth-order valence-corrected chi connectivity index (χ4v) is 2.75. The lowest BCUT2D eigenvalue weighted by molar-refractivity contribution is 0.807. The molecule has 2 N–H and O–H groups in total. The molecule has 0 radical (unpaired) electrons. The van der Waals surface area contributed by atoms with Gasteiger partial charge in [-0.05, 0) is 23.9 Å². The van der Waals surface area contributed by atoms with Crippen molar-refractivity contribution in [3.8, 4) is 0 Å². The average molecular weight is 230 g/mol. The number of hydrogen-bond acceptors (Lipinski definition) is 3. The van der Waals surface area contributed by atoms with E-state index >= 15 is 0 Å². The highest BCUT2D eigenvalue weighted by atomic mass is 32.1. The summed E-state index contributed by atoms with van der Waals surface area (Å²) in [6.07, 6.45) is 0. The van der Waals surface area contributed by atoms with Gasteiger partial charge in [-0.25, -0.2) is 0 Å². The van der Waals surface area contributed by atoms with Crippen LogP contribution in [0.1, 0.15) is 17.2 Å². The summed E-state index contributed by atoms with van der Waals surface area (Å²) in [6, 6.07) is 11.2. The highest BCUT2D eigenvalue weighted by Crippen LogP contribution is 2.35. The summed E-state index contributed by atoms with van der Waals surface area (Å²) in [5.41, 5.74) is 3.88. The first-order valence-corrected chi connectivity index (χ1v) is 6.35. The summed E-state index contributed by atoms with van der Waals surface area (Å²) in [5, 5.41) is 10.4. The van der Waals surface area contributed by atoms with Gasteiger partial charge < -0.3 is 10.6 Å². The Hall–Kier alpha value is -1.48. The van der Waals surface area contributed by atoms with Crippen LogP contribution in [0.3, 0.4) is 0 Å². The van der Waals surface area contributed by atoms with E-state index in [1.54, 1.807) is 11.3 Å². The van der Waals surface area contributed by atoms with Crippen LogP contribution in [0.15, 0.2) is 35.7 Å². The zero-order valence-electron chi connectivity index (χ0n) is 9.16. The van der Waals surface area contributed by atoms with Crippen LogP contribution in [0, 0.1) is 6.92 Å². The lowest BCUT2D eigenvalue weighted by atomic mass is 10.0. The molecule has 2 heterocycles. The summed E-state index contributed by atoms with van der Waals surface area (Å²) in [5.74, 6) is 0. The van der Waals surface area contributed by atoms with Crippen molar-refractivity contribution in [2.75, 3.05) is 17.2 Å². The van der Waals surface area contributed by atoms with Gasteiger partial charge >= 0.3 is 0 Å². The molecule has 1 unspecified atom stereocenters. The van der Waals surface area contributed by atoms with Gasteiger partial charge in [0.2, 0.25) is 0 Å². The van der Waals surface area contributed by atoms with Gasteiger partial charge in [0, 0.05) is 6.54 Å². The number of benzene rings is 1. The molecule has 82 valence electrons. The Balaban J connectivity index is 1.86. The minimum atomic E-state index is 0.377. The molecule has 1 aromatic carbocycles. The SMILES string of the molecule is Cc1ccc(C2CNc3sccc3N2)cc1. The van der Waals surface area contributed by atoms with E-state index in [4.69, 9.17) is 0 Å². The van der Waals surface area contributed by atoms with Crippen molar-refractivity contribution in [2.24, 2.45) is 0 Å². The molecule has 0 spiro atoms. The molecule has 0 saturated heterocycles. The van der Waals surface area contributed by atoms with Crippen LogP contribution < -0.4 is 10.6 Å². The van der Waals surface area contributed by atoms with Crippen molar-refractivity contribution in [2.45, 2.75) is 13.0 Å². The Morgan fingerprint density at radius 1 is 1.19 bits per heavy atom. The quantitative estimate of drug-likeness (QED) is 0.781. The normalized spacial score (nSPS) is 18.4. The van der Waals surface area contributed by atoms with E-state index in [1.807, 2.05) is 0 Å². The summed E-state index contributed by atoms with van der Waals surface area (Å²) < 4.78 is 0. The Kier molecular flexibility index (Phi) is 2.33. The van der Waals surface area contributed by atoms with Crippen molar-refractivity contribution in [3.63, 3.8) is 0 Å². The van der Waals surface area contributed by atoms with E-state index in [0.717, 1.165) is 6.54 Å². The van der Waals surface area contributed by atoms with Crippen LogP contribution in [-0.4, -0.2) is 6.54 Å². The molecule has 0 amide bonds. The van der Waals surface area contributed by atoms with Crippen molar-refractivity contribution in [3.05, 3.63) is 46.8 Å². The molecule has 2 nitrogen and oxygen atoms in total. The summed E-state index contributed by atoms with van der Waals surface area (Å²) >= 11 is 1.75. The third-order valence-electron chi connectivity index (χ3n) is 2.94. The molecular weight excluding hydrogens is 216 g/mol. The molecule has 0 bridgehead atoms. The minimum absolute atomic E-state index is 0.377. The monoisotopic (exact) mass is 230 g/mol. The summed E-state index contributed by atoms with van der Waals surface area (Å²) in [4.78, 5) is 0. The van der Waals surface area contributed by atoms with Gasteiger partial charge in [0.1, 0.15) is 5.00 Å². The fourth-order valence-electron chi connectivity index (χ4n) is 1.99. The number of nitrogens with one attached hydrogen (secondary N) is 2. The smallest absolute Gasteiger partial charge is 0.112 e. The zero-order chi connectivity index (χ0) is 11.0. The predicted octanol–water partition coefficient (Wildman–Crippen LogP) is 3.64. The van der Waals surface area contributed by atoms with E-state index in [1.165, 1.54) is 21.8 Å². The Labute approximate surface area is 99.3 Å². The standard InChI is InChI=1S/C13H14N2S/c1-9-2-4-10(5-3-9)12-8-14-13-11(15-12)6-7-16-13/h2-7,12,14-15H,8H2,1H3. The number of fused-ring (bicyclic) bond motifs is 1. The number of rotatable bonds is 1. The molecule has 16 heavy (non-hydrogen) atoms. The second kappa shape index (κ2) is 3.83. The topological polar surface area (TPSA) is 24.1 Å². The van der Waals surface area contributed by atoms with Gasteiger partial charge in [-0.2, -0.15) is 0 Å². The van der Waals surface area contributed by atoms with Gasteiger partial charge in [0.15, 0.2) is 0 Å². The Morgan fingerprint density at radius 3 is 2.81 bits per heavy atom. The molecule has 0 saturated carbocycles. The third kappa shape index (κ3) is 1.67. The molecule has 0 fully saturated rings. The molecule has 0 aliphatic carbocycles. The van der Waals surface area contributed by atoms with Crippen LogP contribution in [-0.2, 0) is 0 Å². The van der Waals surface area contributed by atoms with Gasteiger partial charge in [-0.3, -0.25) is 0 Å². The lowest BCUT2D eigenvalue weighted by Gasteiger charge is -2.26. The van der Waals surface area contributed by atoms with Crippen LogP contribution in [0.25, 0.3) is 0 Å². The lowest BCUT2D eigenvalue weighted by Crippen LogP contribution is -2.24. The maximum atomic E-state index is 3.56. The second-order valence-corrected chi connectivity index (χ2v) is 5.07. The maximum Gasteiger partial charge on any atom is 0.112 e. The molecular formula is C13H14N2S. The minimum Gasteiger partial charge on any atom is -0.374 e. The van der Waals surface area contributed by atoms with Gasteiger partial charge in [0.25, 0.3) is 0 Å². The number of aryl methyl sites for hydroxylation is 1. The van der Waals surface area contributed by atoms with Crippen molar-refractivity contribution in [1.82, 2.24) is 0 Å². The maximum absolute atomic E-state index is 3.56. The second-order valence-electron chi connectivity index (χ2n) is 4.15. The Bertz CT molecular complexity index is 487. The van der Waals surface area contributed by atoms with E-state index < -0.39 is 0 Å². The van der Waals surface area contributed by atoms with E-state index in [0.29, 0.717) is 6.04 Å². The first-order valence-electron chi connectivity index (χ1n) is 5.47. The van der Waals surface area contributed by atoms with Gasteiger partial charge in [0.05, 0.1) is 11.7 Å². The van der Waals surface area contributed by atoms with E-state index in [-0.39, 0.29) is 0 Å². The molecule has 1 aromatic heterocycles. The zero-order valence-corrected chi connectivity index (χ0v) is 9.97. The van der Waals surface area contributed by atoms with Crippen LogP contribution in [0.4, 0.5) is 10.7 Å². The fraction of sp³-hybridized carbons (Fsp3) is 0.231. The molecule has 1 atom stereocenters. The van der Waals surface area contributed by atoms with Crippen molar-refractivity contribution < 1.29 is 0 Å². The number of anilines is 2. The van der Waals surface area contributed by atoms with Crippen LogP contribution in [0.2, 0.25) is 0 Å². The summed E-state index contributed by atoms with van der Waals surface area (Å²) in [6.45, 7) is 3.07. The average Bonchev–Trinajstić information content (AvgIpc) is 2.77. The summed E-state index contributed by atoms with van der Waals surface area (Å²) in [7, 11) is 0. The number of thiophene rings is 1. The van der Waals surface area contributed by atoms with Crippen LogP contribution >= 0.6 is 11.3 Å². The molecule has 3 heteroatoms. The molecule has 1 aliphatic rings. The van der Waals surface area contributed by atoms with Gasteiger partial charge in [-0.1, -0.05) is 29.8 Å². The predicted molar refractivity (Wildman–Crippen MR) is 70.4 cm³/mol. The third-order valence-corrected chi connectivity index (χ3v) is 3.81. The number of hydrogen-bond donors (Lipinski definition) is 2. The molecule has 1 aliphatic heterocycles. The highest BCUT2D eigenvalue weighted by Gasteiger charge is 2.18. The Morgan fingerprint density at radius 2 is 2.00 bits per heavy atom. The molecule has 3 rings (SSSR count). The first-order chi connectivity index (χ1) is 7.83. The largest absolute Gasteiger partial charge is 0.374 e. The van der Waals surface area contributed by atoms with Crippen molar-refractivity contribution >= 4 is 22.0 Å². The van der Waals surface area contributed by atoms with E-state index in [9.17, 15) is 0 Å². The first kappa shape index (κ1) is 9.73. The molecule has 2 aromatic rings. The van der Waals surface area contributed by atoms with Crippen molar-refractivity contribution in [1.29, 1.82) is 0 Å². The van der Waals surface area contributed by atoms with Gasteiger partial charge in [-0.15, -0.1) is 11.3 Å². The highest BCUT2D eigenvalue weighted by molar-refractivity contribution is 7.14. The van der Waals surface area contributed by atoms with E-state index in [2.05, 4.69) is 53.3 Å². The van der Waals surface area contributed by atoms with Crippen LogP contribution in [0.5, 0.6) is 0 Å².